The van der Waals surface area contributed by atoms with Crippen LogP contribution in [0.1, 0.15) is 25.7 Å². The highest BCUT2D eigenvalue weighted by Gasteiger charge is 2.27. The van der Waals surface area contributed by atoms with Gasteiger partial charge >= 0.3 is 0 Å². The average molecular weight is 226 g/mol. The van der Waals surface area contributed by atoms with Crippen LogP contribution in [0.15, 0.2) is 0 Å². The van der Waals surface area contributed by atoms with Crippen LogP contribution in [0.3, 0.4) is 0 Å². The fourth-order valence-corrected chi connectivity index (χ4v) is 2.99. The minimum absolute atomic E-state index is 0.758. The Bertz CT molecular complexity index is 183. The summed E-state index contributed by atoms with van der Waals surface area (Å²) in [5.41, 5.74) is 0. The lowest BCUT2D eigenvalue weighted by Crippen LogP contribution is -2.51. The molecule has 0 aliphatic carbocycles. The zero-order valence-electron chi connectivity index (χ0n) is 10.7. The summed E-state index contributed by atoms with van der Waals surface area (Å²) in [5, 5.41) is 1.96. The number of nitrogens with two attached hydrogens (primary N) is 1. The largest absolute Gasteiger partial charge is 0.306 e. The van der Waals surface area contributed by atoms with Gasteiger partial charge in [-0.05, 0) is 52.9 Å². The molecule has 16 heavy (non-hydrogen) atoms. The smallest absolute Gasteiger partial charge is 0.0143 e. The molecule has 94 valence electrons. The van der Waals surface area contributed by atoms with Crippen molar-refractivity contribution in [2.75, 3.05) is 40.3 Å². The van der Waals surface area contributed by atoms with Gasteiger partial charge in [0.05, 0.1) is 0 Å². The van der Waals surface area contributed by atoms with Gasteiger partial charge in [0.2, 0.25) is 0 Å². The first-order valence-corrected chi connectivity index (χ1v) is 6.57. The Balaban J connectivity index is 1.80. The predicted octanol–water partition coefficient (Wildman–Crippen LogP) is 0.351. The zero-order valence-corrected chi connectivity index (χ0v) is 10.7. The SMILES string of the molecule is CN1CCC(N(C)C2CCN(N)CC2)CC1. The van der Waals surface area contributed by atoms with Gasteiger partial charge in [0.1, 0.15) is 0 Å². The van der Waals surface area contributed by atoms with Gasteiger partial charge in [0.25, 0.3) is 0 Å². The highest BCUT2D eigenvalue weighted by molar-refractivity contribution is 4.84. The first-order chi connectivity index (χ1) is 7.66. The Morgan fingerprint density at radius 2 is 1.38 bits per heavy atom. The Hall–Kier alpha value is -0.160. The number of rotatable bonds is 2. The van der Waals surface area contributed by atoms with E-state index in [1.165, 1.54) is 38.8 Å². The van der Waals surface area contributed by atoms with Crippen LogP contribution in [0.5, 0.6) is 0 Å². The number of nitrogens with zero attached hydrogens (tertiary/aromatic N) is 3. The number of piperidine rings is 2. The molecule has 0 aromatic rings. The van der Waals surface area contributed by atoms with Gasteiger partial charge in [-0.25, -0.2) is 5.01 Å². The van der Waals surface area contributed by atoms with Crippen molar-refractivity contribution in [3.8, 4) is 0 Å². The van der Waals surface area contributed by atoms with Crippen LogP contribution >= 0.6 is 0 Å². The summed E-state index contributed by atoms with van der Waals surface area (Å²) in [5.74, 6) is 5.80. The van der Waals surface area contributed by atoms with Crippen LogP contribution in [0.4, 0.5) is 0 Å². The van der Waals surface area contributed by atoms with Crippen molar-refractivity contribution in [2.45, 2.75) is 37.8 Å². The first kappa shape index (κ1) is 12.3. The predicted molar refractivity (Wildman–Crippen MR) is 67.1 cm³/mol. The van der Waals surface area contributed by atoms with Gasteiger partial charge < -0.3 is 9.80 Å². The third-order valence-corrected chi connectivity index (χ3v) is 4.34. The maximum absolute atomic E-state index is 5.80. The second-order valence-electron chi connectivity index (χ2n) is 5.47. The molecule has 0 unspecified atom stereocenters. The molecule has 2 saturated heterocycles. The van der Waals surface area contributed by atoms with Crippen molar-refractivity contribution in [1.82, 2.24) is 14.8 Å². The van der Waals surface area contributed by atoms with Gasteiger partial charge in [0.15, 0.2) is 0 Å². The Morgan fingerprint density at radius 1 is 0.938 bits per heavy atom. The standard InChI is InChI=1S/C12H26N4/c1-14-7-3-11(4-8-14)15(2)12-5-9-16(13)10-6-12/h11-12H,3-10,13H2,1-2H3. The van der Waals surface area contributed by atoms with E-state index in [2.05, 4.69) is 23.9 Å². The molecule has 0 atom stereocenters. The topological polar surface area (TPSA) is 35.7 Å². The highest BCUT2D eigenvalue weighted by Crippen LogP contribution is 2.21. The molecule has 0 spiro atoms. The maximum Gasteiger partial charge on any atom is 0.0143 e. The second-order valence-corrected chi connectivity index (χ2v) is 5.47. The van der Waals surface area contributed by atoms with E-state index in [-0.39, 0.29) is 0 Å². The van der Waals surface area contributed by atoms with E-state index >= 15 is 0 Å². The maximum atomic E-state index is 5.80. The van der Waals surface area contributed by atoms with Gasteiger partial charge in [-0.15, -0.1) is 0 Å². The van der Waals surface area contributed by atoms with Crippen molar-refractivity contribution in [3.63, 3.8) is 0 Å². The molecule has 2 aliphatic rings. The number of likely N-dealkylation sites (tertiary alicyclic amines) is 1. The Kier molecular flexibility index (Phi) is 4.19. The summed E-state index contributed by atoms with van der Waals surface area (Å²) in [6.07, 6.45) is 5.13. The minimum atomic E-state index is 0.758. The van der Waals surface area contributed by atoms with Crippen molar-refractivity contribution in [1.29, 1.82) is 0 Å². The van der Waals surface area contributed by atoms with Gasteiger partial charge in [0, 0.05) is 25.2 Å². The second kappa shape index (κ2) is 5.45. The lowest BCUT2D eigenvalue weighted by Gasteiger charge is -2.42. The molecular formula is C12H26N4. The van der Waals surface area contributed by atoms with Crippen LogP contribution < -0.4 is 5.84 Å². The molecule has 4 heteroatoms. The fraction of sp³-hybridized carbons (Fsp3) is 1.00. The third-order valence-electron chi connectivity index (χ3n) is 4.34. The molecule has 2 rings (SSSR count). The quantitative estimate of drug-likeness (QED) is 0.689. The normalized spacial score (nSPS) is 27.8. The van der Waals surface area contributed by atoms with E-state index in [1.807, 2.05) is 5.01 Å². The van der Waals surface area contributed by atoms with Crippen LogP contribution in [0.2, 0.25) is 0 Å². The Morgan fingerprint density at radius 3 is 1.88 bits per heavy atom. The molecule has 2 heterocycles. The number of hydrazine groups is 1. The molecule has 0 radical (unpaired) electrons. The van der Waals surface area contributed by atoms with Crippen molar-refractivity contribution < 1.29 is 0 Å². The van der Waals surface area contributed by atoms with Gasteiger partial charge in [-0.3, -0.25) is 5.84 Å². The zero-order chi connectivity index (χ0) is 11.5. The summed E-state index contributed by atoms with van der Waals surface area (Å²) in [7, 11) is 4.54. The minimum Gasteiger partial charge on any atom is -0.306 e. The summed E-state index contributed by atoms with van der Waals surface area (Å²) in [6.45, 7) is 4.62. The third kappa shape index (κ3) is 2.94. The van der Waals surface area contributed by atoms with E-state index in [1.54, 1.807) is 0 Å². The number of hydrogen-bond donors (Lipinski definition) is 1. The van der Waals surface area contributed by atoms with Crippen LogP contribution in [-0.4, -0.2) is 67.2 Å². The Labute approximate surface area is 99.3 Å². The molecule has 4 nitrogen and oxygen atoms in total. The highest BCUT2D eigenvalue weighted by atomic mass is 15.4. The molecule has 0 saturated carbocycles. The van der Waals surface area contributed by atoms with Gasteiger partial charge in [-0.1, -0.05) is 0 Å². The van der Waals surface area contributed by atoms with Crippen molar-refractivity contribution in [3.05, 3.63) is 0 Å². The van der Waals surface area contributed by atoms with Gasteiger partial charge in [-0.2, -0.15) is 0 Å². The molecule has 0 aromatic carbocycles. The lowest BCUT2D eigenvalue weighted by molar-refractivity contribution is 0.0663. The number of hydrogen-bond acceptors (Lipinski definition) is 4. The molecule has 0 bridgehead atoms. The van der Waals surface area contributed by atoms with E-state index in [0.29, 0.717) is 0 Å². The lowest BCUT2D eigenvalue weighted by atomic mass is 9.98. The monoisotopic (exact) mass is 226 g/mol. The molecule has 2 N–H and O–H groups in total. The molecule has 2 aliphatic heterocycles. The molecule has 2 fully saturated rings. The van der Waals surface area contributed by atoms with Crippen molar-refractivity contribution >= 4 is 0 Å². The summed E-state index contributed by atoms with van der Waals surface area (Å²) in [6, 6.07) is 1.55. The van der Waals surface area contributed by atoms with Crippen LogP contribution in [0.25, 0.3) is 0 Å². The first-order valence-electron chi connectivity index (χ1n) is 6.57. The van der Waals surface area contributed by atoms with E-state index in [0.717, 1.165) is 25.2 Å². The average Bonchev–Trinajstić information content (AvgIpc) is 2.30. The van der Waals surface area contributed by atoms with Crippen LogP contribution in [0, 0.1) is 0 Å². The van der Waals surface area contributed by atoms with Crippen LogP contribution in [-0.2, 0) is 0 Å². The summed E-state index contributed by atoms with van der Waals surface area (Å²) >= 11 is 0. The molecule has 0 amide bonds. The van der Waals surface area contributed by atoms with E-state index in [4.69, 9.17) is 5.84 Å². The van der Waals surface area contributed by atoms with E-state index < -0.39 is 0 Å². The van der Waals surface area contributed by atoms with Crippen molar-refractivity contribution in [2.24, 2.45) is 5.84 Å². The summed E-state index contributed by atoms with van der Waals surface area (Å²) < 4.78 is 0. The fourth-order valence-electron chi connectivity index (χ4n) is 2.99. The van der Waals surface area contributed by atoms with E-state index in [9.17, 15) is 0 Å². The molecular weight excluding hydrogens is 200 g/mol. The summed E-state index contributed by atoms with van der Waals surface area (Å²) in [4.78, 5) is 5.06. The molecule has 0 aromatic heterocycles.